The van der Waals surface area contributed by atoms with Crippen molar-refractivity contribution in [1.29, 1.82) is 0 Å². The largest absolute Gasteiger partial charge is 1.00 e. The average molecular weight is 1100 g/mol. The monoisotopic (exact) mass is 1100 g/mol. The molecule has 0 N–H and O–H groups in total. The second kappa shape index (κ2) is 29.5. The highest BCUT2D eigenvalue weighted by molar-refractivity contribution is 5.70. The van der Waals surface area contributed by atoms with E-state index < -0.39 is 0 Å². The number of nitrogens with zero attached hydrogens (tertiary/aromatic N) is 2. The first-order chi connectivity index (χ1) is 35.7. The lowest BCUT2D eigenvalue weighted by Crippen LogP contribution is -3.00. The summed E-state index contributed by atoms with van der Waals surface area (Å²) < 4.78 is 69.8. The Labute approximate surface area is 462 Å². The molecule has 2 aliphatic heterocycles. The molecule has 4 atom stereocenters. The lowest BCUT2D eigenvalue weighted by Gasteiger charge is -2.46. The van der Waals surface area contributed by atoms with Crippen LogP contribution in [0.15, 0.2) is 60.7 Å². The van der Waals surface area contributed by atoms with Crippen molar-refractivity contribution < 1.29 is 100 Å². The lowest BCUT2D eigenvalue weighted by atomic mass is 9.86. The number of hydrogen-bond donors (Lipinski definition) is 0. The van der Waals surface area contributed by atoms with Crippen LogP contribution in [-0.4, -0.2) is 145 Å². The Morgan fingerprint density at radius 1 is 0.461 bits per heavy atom. The summed E-state index contributed by atoms with van der Waals surface area (Å²) in [4.78, 5) is 25.7. The number of carbonyl (C=O) groups excluding carboxylic acids is 2. The number of halogens is 2. The molecule has 76 heavy (non-hydrogen) atoms. The molecule has 2 heterocycles. The molecule has 16 nitrogen and oxygen atoms in total. The van der Waals surface area contributed by atoms with Crippen molar-refractivity contribution in [3.05, 3.63) is 94.1 Å². The quantitative estimate of drug-likeness (QED) is 0.0356. The van der Waals surface area contributed by atoms with Crippen LogP contribution in [0.1, 0.15) is 84.0 Å². The van der Waals surface area contributed by atoms with Gasteiger partial charge in [0.05, 0.1) is 125 Å². The zero-order valence-electron chi connectivity index (χ0n) is 46.6. The first-order valence-corrected chi connectivity index (χ1v) is 25.5. The molecule has 6 rings (SSSR count). The minimum absolute atomic E-state index is 0. The number of fused-ring (bicyclic) bond motifs is 2. The molecule has 0 fully saturated rings. The molecule has 0 radical (unpaired) electrons. The number of methoxy groups -OCH3 is 10. The van der Waals surface area contributed by atoms with Gasteiger partial charge in [-0.2, -0.15) is 0 Å². The summed E-state index contributed by atoms with van der Waals surface area (Å²) in [5.41, 5.74) is 6.93. The summed E-state index contributed by atoms with van der Waals surface area (Å²) in [6.45, 7) is 4.02. The first kappa shape index (κ1) is 62.6. The molecule has 0 bridgehead atoms. The fraction of sp³-hybridized carbons (Fsp3) is 0.517. The Balaban J connectivity index is 0.00000624. The Hall–Kier alpha value is -5.94. The third-order valence-corrected chi connectivity index (χ3v) is 15.0. The van der Waals surface area contributed by atoms with Gasteiger partial charge in [0, 0.05) is 62.5 Å². The van der Waals surface area contributed by atoms with Crippen LogP contribution in [0, 0.1) is 0 Å². The second-order valence-corrected chi connectivity index (χ2v) is 19.4. The molecule has 18 heteroatoms. The molecule has 2 unspecified atom stereocenters. The Bertz CT molecular complexity index is 2350. The van der Waals surface area contributed by atoms with Crippen LogP contribution in [0.2, 0.25) is 0 Å². The summed E-state index contributed by atoms with van der Waals surface area (Å²) in [5, 5.41) is 0. The van der Waals surface area contributed by atoms with Crippen molar-refractivity contribution in [3.8, 4) is 57.5 Å². The molecule has 4 aromatic carbocycles. The topological polar surface area (TPSA) is 145 Å². The van der Waals surface area contributed by atoms with E-state index in [4.69, 9.17) is 56.8 Å². The third-order valence-electron chi connectivity index (χ3n) is 15.0. The molecule has 0 spiro atoms. The number of ether oxygens (including phenoxy) is 12. The van der Waals surface area contributed by atoms with Crippen molar-refractivity contribution >= 4 is 11.9 Å². The van der Waals surface area contributed by atoms with E-state index in [9.17, 15) is 9.59 Å². The predicted octanol–water partition coefficient (Wildman–Crippen LogP) is 3.04. The van der Waals surface area contributed by atoms with Crippen LogP contribution >= 0.6 is 0 Å². The smallest absolute Gasteiger partial charge is 0.306 e. The van der Waals surface area contributed by atoms with Gasteiger partial charge in [-0.1, -0.05) is 12.2 Å². The van der Waals surface area contributed by atoms with Crippen molar-refractivity contribution in [1.82, 2.24) is 0 Å². The van der Waals surface area contributed by atoms with Crippen LogP contribution in [0.4, 0.5) is 0 Å². The second-order valence-electron chi connectivity index (χ2n) is 19.4. The fourth-order valence-electron chi connectivity index (χ4n) is 10.8. The van der Waals surface area contributed by atoms with E-state index in [0.29, 0.717) is 109 Å². The number of hydrogen-bond acceptors (Lipinski definition) is 14. The minimum atomic E-state index is -0.246. The Kier molecular flexibility index (Phi) is 24.3. The maximum absolute atomic E-state index is 12.9. The maximum atomic E-state index is 12.9. The summed E-state index contributed by atoms with van der Waals surface area (Å²) in [6, 6.07) is 16.5. The SMILES string of the molecule is COc1cc2c(cc1OC)[C@@H](Cc1cc(OC)c(OC)c(OC)c1)[N+](C)(CCCOC(=O)CC/C=C/CCC(=O)OCCC[N+]1(C)CCc3cc(OC)c(OC)cc3[C@@H]1Cc1cc(OC)c(OC)c(OC)c1)CC2.[Cl-].[Cl-]. The van der Waals surface area contributed by atoms with Crippen molar-refractivity contribution in [2.75, 3.05) is 125 Å². The summed E-state index contributed by atoms with van der Waals surface area (Å²) in [7, 11) is 20.9. The van der Waals surface area contributed by atoms with Crippen LogP contribution in [0.5, 0.6) is 57.5 Å². The normalized spacial score (nSPS) is 18.4. The highest BCUT2D eigenvalue weighted by Crippen LogP contribution is 2.47. The zero-order valence-corrected chi connectivity index (χ0v) is 48.1. The molecule has 4 aromatic rings. The average Bonchev–Trinajstić information content (AvgIpc) is 3.42. The minimum Gasteiger partial charge on any atom is -1.00 e. The molecule has 0 saturated heterocycles. The number of carbonyl (C=O) groups is 2. The van der Waals surface area contributed by atoms with Crippen LogP contribution < -0.4 is 72.2 Å². The fourth-order valence-corrected chi connectivity index (χ4v) is 10.8. The van der Waals surface area contributed by atoms with Crippen molar-refractivity contribution in [3.63, 3.8) is 0 Å². The number of likely N-dealkylation sites (N-methyl/N-ethyl adjacent to an activating group) is 2. The van der Waals surface area contributed by atoms with Gasteiger partial charge in [-0.05, 0) is 83.6 Å². The molecule has 0 saturated carbocycles. The number of quaternary nitrogens is 2. The summed E-state index contributed by atoms with van der Waals surface area (Å²) in [5.74, 6) is 5.81. The molecule has 0 amide bonds. The number of allylic oxidation sites excluding steroid dienone is 2. The predicted molar refractivity (Wildman–Crippen MR) is 282 cm³/mol. The molecular weight excluding hydrogens is 1020 g/mol. The van der Waals surface area contributed by atoms with Gasteiger partial charge in [-0.15, -0.1) is 0 Å². The van der Waals surface area contributed by atoms with E-state index in [1.165, 1.54) is 22.3 Å². The van der Waals surface area contributed by atoms with E-state index in [0.717, 1.165) is 59.1 Å². The third kappa shape index (κ3) is 15.0. The molecule has 0 aromatic heterocycles. The van der Waals surface area contributed by atoms with E-state index in [1.54, 1.807) is 71.1 Å². The van der Waals surface area contributed by atoms with Crippen molar-refractivity contribution in [2.45, 2.75) is 76.3 Å². The number of rotatable bonds is 28. The van der Waals surface area contributed by atoms with Crippen molar-refractivity contribution in [2.24, 2.45) is 0 Å². The molecular formula is C58H80Cl2N2O14. The van der Waals surface area contributed by atoms with Gasteiger partial charge < -0.3 is 90.6 Å². The van der Waals surface area contributed by atoms with Gasteiger partial charge >= 0.3 is 11.9 Å². The maximum Gasteiger partial charge on any atom is 0.306 e. The zero-order chi connectivity index (χ0) is 53.4. The highest BCUT2D eigenvalue weighted by atomic mass is 35.5. The van der Waals surface area contributed by atoms with E-state index in [-0.39, 0.29) is 61.7 Å². The van der Waals surface area contributed by atoms with Gasteiger partial charge in [0.1, 0.15) is 12.1 Å². The molecule has 420 valence electrons. The van der Waals surface area contributed by atoms with Crippen LogP contribution in [0.3, 0.4) is 0 Å². The first-order valence-electron chi connectivity index (χ1n) is 25.5. The molecule has 2 aliphatic rings. The lowest BCUT2D eigenvalue weighted by molar-refractivity contribution is -0.941. The van der Waals surface area contributed by atoms with E-state index in [1.807, 2.05) is 36.4 Å². The van der Waals surface area contributed by atoms with E-state index in [2.05, 4.69) is 38.4 Å². The number of esters is 2. The van der Waals surface area contributed by atoms with E-state index >= 15 is 0 Å². The molecule has 0 aliphatic carbocycles. The highest BCUT2D eigenvalue weighted by Gasteiger charge is 2.42. The van der Waals surface area contributed by atoms with Gasteiger partial charge in [-0.3, -0.25) is 9.59 Å². The standard InChI is InChI=1S/C58H80N2O14.2ClH/c1-59(25-21-41-35-47(63-3)49(65-5)37-43(41)45(59)29-39-31-51(67-7)57(71-11)52(32-39)68-8)23-17-27-73-55(61)19-15-13-14-16-20-56(62)74-28-18-24-60(2)26-22-42-36-48(64-4)50(66-6)38-44(42)46(60)30-40-33-53(69-9)58(72-12)54(34-40)70-10;;/h13-14,31-38,45-46H,15-30H2,1-12H3;2*1H/q+2;;/p-2/b14-13+;;/t45-,46+,59?,60?;;. The van der Waals surface area contributed by atoms with Gasteiger partial charge in [0.25, 0.3) is 0 Å². The number of benzene rings is 4. The van der Waals surface area contributed by atoms with Gasteiger partial charge in [-0.25, -0.2) is 0 Å². The summed E-state index contributed by atoms with van der Waals surface area (Å²) >= 11 is 0. The van der Waals surface area contributed by atoms with Gasteiger partial charge in [0.15, 0.2) is 46.0 Å². The van der Waals surface area contributed by atoms with Crippen LogP contribution in [-0.2, 0) is 44.7 Å². The Morgan fingerprint density at radius 3 is 1.08 bits per heavy atom. The Morgan fingerprint density at radius 2 is 0.776 bits per heavy atom. The summed E-state index contributed by atoms with van der Waals surface area (Å²) in [6.07, 6.45) is 9.94. The van der Waals surface area contributed by atoms with Gasteiger partial charge in [0.2, 0.25) is 11.5 Å². The van der Waals surface area contributed by atoms with Crippen LogP contribution in [0.25, 0.3) is 0 Å².